The summed E-state index contributed by atoms with van der Waals surface area (Å²) in [5, 5.41) is 3.57. The molecule has 2 aromatic rings. The molecule has 104 valence electrons. The quantitative estimate of drug-likeness (QED) is 0.925. The van der Waals surface area contributed by atoms with E-state index in [9.17, 15) is 0 Å². The number of benzene rings is 1. The molecule has 0 fully saturated rings. The van der Waals surface area contributed by atoms with E-state index in [4.69, 9.17) is 4.74 Å². The van der Waals surface area contributed by atoms with E-state index >= 15 is 0 Å². The second kappa shape index (κ2) is 6.18. The highest BCUT2D eigenvalue weighted by Crippen LogP contribution is 2.33. The fraction of sp³-hybridized carbons (Fsp3) is 0.312. The van der Waals surface area contributed by atoms with E-state index < -0.39 is 0 Å². The van der Waals surface area contributed by atoms with Gasteiger partial charge in [0, 0.05) is 17.6 Å². The third-order valence-corrected chi connectivity index (χ3v) is 4.43. The first kappa shape index (κ1) is 13.3. The fourth-order valence-electron chi connectivity index (χ4n) is 2.40. The van der Waals surface area contributed by atoms with Gasteiger partial charge in [-0.2, -0.15) is 11.8 Å². The predicted octanol–water partition coefficient (Wildman–Crippen LogP) is 3.88. The number of pyridine rings is 1. The molecule has 1 N–H and O–H groups in total. The zero-order valence-electron chi connectivity index (χ0n) is 11.5. The lowest BCUT2D eigenvalue weighted by Gasteiger charge is -2.26. The van der Waals surface area contributed by atoms with E-state index in [-0.39, 0.29) is 0 Å². The molecule has 0 saturated carbocycles. The van der Waals surface area contributed by atoms with Crippen LogP contribution in [-0.4, -0.2) is 17.3 Å². The maximum atomic E-state index is 5.36. The van der Waals surface area contributed by atoms with Crippen molar-refractivity contribution in [3.05, 3.63) is 53.7 Å². The van der Waals surface area contributed by atoms with E-state index in [0.717, 1.165) is 17.2 Å². The van der Waals surface area contributed by atoms with Gasteiger partial charge in [0.2, 0.25) is 5.88 Å². The first-order valence-corrected chi connectivity index (χ1v) is 8.03. The summed E-state index contributed by atoms with van der Waals surface area (Å²) in [7, 11) is 0. The Balaban J connectivity index is 1.75. The largest absolute Gasteiger partial charge is 0.478 e. The van der Waals surface area contributed by atoms with Crippen LogP contribution in [0.2, 0.25) is 0 Å². The SMILES string of the molecule is CCOc1ccc(NC2CSCc3ccccc32)cn1. The van der Waals surface area contributed by atoms with Gasteiger partial charge in [0.05, 0.1) is 24.5 Å². The number of hydrogen-bond acceptors (Lipinski definition) is 4. The Kier molecular flexibility index (Phi) is 4.11. The Morgan fingerprint density at radius 3 is 3.00 bits per heavy atom. The number of fused-ring (bicyclic) bond motifs is 1. The van der Waals surface area contributed by atoms with Crippen molar-refractivity contribution in [1.82, 2.24) is 4.98 Å². The van der Waals surface area contributed by atoms with E-state index in [2.05, 4.69) is 34.6 Å². The van der Waals surface area contributed by atoms with Crippen molar-refractivity contribution < 1.29 is 4.74 Å². The van der Waals surface area contributed by atoms with E-state index in [0.29, 0.717) is 18.5 Å². The van der Waals surface area contributed by atoms with Crippen LogP contribution in [-0.2, 0) is 5.75 Å². The highest BCUT2D eigenvalue weighted by Gasteiger charge is 2.19. The Bertz CT molecular complexity index is 571. The Morgan fingerprint density at radius 1 is 1.30 bits per heavy atom. The standard InChI is InChI=1S/C16H18N2OS/c1-2-19-16-8-7-13(9-17-16)18-15-11-20-10-12-5-3-4-6-14(12)15/h3-9,15,18H,2,10-11H2,1H3. The van der Waals surface area contributed by atoms with Crippen LogP contribution in [0.25, 0.3) is 0 Å². The second-order valence-corrected chi connectivity index (χ2v) is 5.76. The molecular formula is C16H18N2OS. The van der Waals surface area contributed by atoms with Gasteiger partial charge in [0.1, 0.15) is 0 Å². The van der Waals surface area contributed by atoms with Crippen molar-refractivity contribution in [2.75, 3.05) is 17.7 Å². The number of hydrogen-bond donors (Lipinski definition) is 1. The van der Waals surface area contributed by atoms with Gasteiger partial charge in [-0.15, -0.1) is 0 Å². The summed E-state index contributed by atoms with van der Waals surface area (Å²) < 4.78 is 5.36. The summed E-state index contributed by atoms with van der Waals surface area (Å²) in [6.07, 6.45) is 1.84. The van der Waals surface area contributed by atoms with Crippen molar-refractivity contribution in [3.63, 3.8) is 0 Å². The average Bonchev–Trinajstić information content (AvgIpc) is 2.50. The van der Waals surface area contributed by atoms with Crippen molar-refractivity contribution in [1.29, 1.82) is 0 Å². The van der Waals surface area contributed by atoms with Crippen LogP contribution < -0.4 is 10.1 Å². The number of ether oxygens (including phenoxy) is 1. The van der Waals surface area contributed by atoms with Crippen LogP contribution in [0.3, 0.4) is 0 Å². The van der Waals surface area contributed by atoms with Crippen molar-refractivity contribution in [3.8, 4) is 5.88 Å². The molecule has 2 heterocycles. The number of rotatable bonds is 4. The van der Waals surface area contributed by atoms with Crippen molar-refractivity contribution in [2.24, 2.45) is 0 Å². The molecule has 20 heavy (non-hydrogen) atoms. The normalized spacial score (nSPS) is 17.4. The maximum absolute atomic E-state index is 5.36. The molecule has 3 rings (SSSR count). The molecule has 1 unspecified atom stereocenters. The zero-order chi connectivity index (χ0) is 13.8. The molecule has 0 radical (unpaired) electrons. The molecular weight excluding hydrogens is 268 g/mol. The van der Waals surface area contributed by atoms with Gasteiger partial charge in [-0.25, -0.2) is 4.98 Å². The molecule has 1 aromatic carbocycles. The summed E-state index contributed by atoms with van der Waals surface area (Å²) >= 11 is 1.97. The third-order valence-electron chi connectivity index (χ3n) is 3.34. The van der Waals surface area contributed by atoms with Gasteiger partial charge >= 0.3 is 0 Å². The van der Waals surface area contributed by atoms with Crippen LogP contribution in [0.1, 0.15) is 24.1 Å². The van der Waals surface area contributed by atoms with E-state index in [1.54, 1.807) is 0 Å². The minimum Gasteiger partial charge on any atom is -0.478 e. The van der Waals surface area contributed by atoms with Gasteiger partial charge in [-0.05, 0) is 24.1 Å². The summed E-state index contributed by atoms with van der Waals surface area (Å²) in [5.41, 5.74) is 3.87. The lowest BCUT2D eigenvalue weighted by atomic mass is 10.0. The van der Waals surface area contributed by atoms with Crippen molar-refractivity contribution in [2.45, 2.75) is 18.7 Å². The van der Waals surface area contributed by atoms with Gasteiger partial charge in [-0.3, -0.25) is 0 Å². The van der Waals surface area contributed by atoms with Gasteiger partial charge in [-0.1, -0.05) is 24.3 Å². The molecule has 1 aliphatic heterocycles. The molecule has 3 nitrogen and oxygen atoms in total. The number of anilines is 1. The van der Waals surface area contributed by atoms with E-state index in [1.807, 2.05) is 37.0 Å². The number of aromatic nitrogens is 1. The summed E-state index contributed by atoms with van der Waals surface area (Å²) in [6.45, 7) is 2.61. The predicted molar refractivity (Wildman–Crippen MR) is 84.4 cm³/mol. The summed E-state index contributed by atoms with van der Waals surface area (Å²) in [4.78, 5) is 4.30. The fourth-order valence-corrected chi connectivity index (χ4v) is 3.50. The first-order valence-electron chi connectivity index (χ1n) is 6.87. The lowest BCUT2D eigenvalue weighted by Crippen LogP contribution is -2.18. The van der Waals surface area contributed by atoms with Gasteiger partial charge in [0.15, 0.2) is 0 Å². The average molecular weight is 286 g/mol. The van der Waals surface area contributed by atoms with Crippen molar-refractivity contribution >= 4 is 17.4 Å². The molecule has 0 saturated heterocycles. The molecule has 0 spiro atoms. The van der Waals surface area contributed by atoms with Crippen LogP contribution in [0, 0.1) is 0 Å². The second-order valence-electron chi connectivity index (χ2n) is 4.73. The highest BCUT2D eigenvalue weighted by molar-refractivity contribution is 7.98. The number of thioether (sulfide) groups is 1. The molecule has 0 aliphatic carbocycles. The Morgan fingerprint density at radius 2 is 2.20 bits per heavy atom. The smallest absolute Gasteiger partial charge is 0.213 e. The topological polar surface area (TPSA) is 34.1 Å². The van der Waals surface area contributed by atoms with Crippen LogP contribution in [0.15, 0.2) is 42.6 Å². The minimum absolute atomic E-state index is 0.352. The molecule has 0 bridgehead atoms. The first-order chi connectivity index (χ1) is 9.86. The number of nitrogens with zero attached hydrogens (tertiary/aromatic N) is 1. The van der Waals surface area contributed by atoms with Gasteiger partial charge in [0.25, 0.3) is 0 Å². The Hall–Kier alpha value is -1.68. The molecule has 1 aromatic heterocycles. The highest BCUT2D eigenvalue weighted by atomic mass is 32.2. The Labute approximate surface area is 123 Å². The van der Waals surface area contributed by atoms with Gasteiger partial charge < -0.3 is 10.1 Å². The minimum atomic E-state index is 0.352. The van der Waals surface area contributed by atoms with E-state index in [1.165, 1.54) is 11.1 Å². The molecule has 1 aliphatic rings. The summed E-state index contributed by atoms with van der Waals surface area (Å²) in [5.74, 6) is 2.87. The maximum Gasteiger partial charge on any atom is 0.213 e. The monoisotopic (exact) mass is 286 g/mol. The molecule has 1 atom stereocenters. The third kappa shape index (κ3) is 2.90. The zero-order valence-corrected chi connectivity index (χ0v) is 12.3. The van der Waals surface area contributed by atoms with Crippen LogP contribution in [0.5, 0.6) is 5.88 Å². The number of nitrogens with one attached hydrogen (secondary N) is 1. The van der Waals surface area contributed by atoms with Crippen LogP contribution in [0.4, 0.5) is 5.69 Å². The summed E-state index contributed by atoms with van der Waals surface area (Å²) in [6, 6.07) is 12.9. The molecule has 4 heteroatoms. The molecule has 0 amide bonds. The van der Waals surface area contributed by atoms with Crippen LogP contribution >= 0.6 is 11.8 Å². The lowest BCUT2D eigenvalue weighted by molar-refractivity contribution is 0.327.